The molecule has 1 aliphatic carbocycles. The van der Waals surface area contributed by atoms with Gasteiger partial charge in [-0.2, -0.15) is 0 Å². The fraction of sp³-hybridized carbons (Fsp3) is 0.565. The van der Waals surface area contributed by atoms with Gasteiger partial charge in [0.15, 0.2) is 0 Å². The number of hydrogen-bond donors (Lipinski definition) is 1. The number of fused-ring (bicyclic) bond motifs is 1. The molecule has 0 amide bonds. The van der Waals surface area contributed by atoms with Gasteiger partial charge in [-0.1, -0.05) is 18.6 Å². The van der Waals surface area contributed by atoms with Crippen LogP contribution in [-0.2, 0) is 25.4 Å². The van der Waals surface area contributed by atoms with E-state index in [0.717, 1.165) is 32.1 Å². The number of rotatable bonds is 8. The van der Waals surface area contributed by atoms with E-state index in [4.69, 9.17) is 25.4 Å². The van der Waals surface area contributed by atoms with E-state index in [-0.39, 0.29) is 42.6 Å². The molecule has 1 aliphatic heterocycles. The van der Waals surface area contributed by atoms with Crippen molar-refractivity contribution >= 4 is 25.0 Å². The zero-order valence-corrected chi connectivity index (χ0v) is 18.7. The highest BCUT2D eigenvalue weighted by Gasteiger charge is 2.38. The number of ketones is 1. The van der Waals surface area contributed by atoms with E-state index < -0.39 is 31.4 Å². The Balaban J connectivity index is 1.57. The van der Waals surface area contributed by atoms with Crippen molar-refractivity contribution in [1.82, 2.24) is 0 Å². The Hall–Kier alpha value is -3.06. The van der Waals surface area contributed by atoms with Crippen LogP contribution in [0.4, 0.5) is 4.79 Å². The molecule has 0 bridgehead atoms. The van der Waals surface area contributed by atoms with Crippen molar-refractivity contribution in [3.8, 4) is 5.75 Å². The van der Waals surface area contributed by atoms with Crippen LogP contribution in [-0.4, -0.2) is 49.0 Å². The molecule has 1 N–H and O–H groups in total. The molecular formula is C23H28BNO8. The Morgan fingerprint density at radius 1 is 1.24 bits per heavy atom. The smallest absolute Gasteiger partial charge is 0.526 e. The van der Waals surface area contributed by atoms with Crippen molar-refractivity contribution in [2.45, 2.75) is 76.5 Å². The number of carbonyl (C=O) groups excluding carboxylic acids is 3. The van der Waals surface area contributed by atoms with Crippen LogP contribution in [0.3, 0.4) is 0 Å². The molecule has 1 fully saturated rings. The van der Waals surface area contributed by atoms with E-state index in [9.17, 15) is 19.4 Å². The molecule has 1 unspecified atom stereocenters. The third-order valence-electron chi connectivity index (χ3n) is 5.78. The van der Waals surface area contributed by atoms with Gasteiger partial charge in [-0.3, -0.25) is 4.79 Å². The van der Waals surface area contributed by atoms with Gasteiger partial charge >= 0.3 is 19.2 Å². The molecule has 10 heteroatoms. The Kier molecular flexibility index (Phi) is 8.72. The van der Waals surface area contributed by atoms with Crippen LogP contribution >= 0.6 is 0 Å². The molecule has 1 aromatic carbocycles. The zero-order chi connectivity index (χ0) is 23.8. The van der Waals surface area contributed by atoms with Crippen LogP contribution in [0.15, 0.2) is 18.2 Å². The van der Waals surface area contributed by atoms with E-state index in [1.54, 1.807) is 12.1 Å². The number of carbonyl (C=O) groups is 3. The van der Waals surface area contributed by atoms with Gasteiger partial charge in [-0.25, -0.2) is 16.2 Å². The maximum atomic E-state index is 12.7. The first-order valence-electron chi connectivity index (χ1n) is 11.3. The number of benzene rings is 1. The van der Waals surface area contributed by atoms with Crippen molar-refractivity contribution in [2.24, 2.45) is 0 Å². The number of nitrogens with zero attached hydrogens (tertiary/aromatic N) is 1. The van der Waals surface area contributed by atoms with Crippen molar-refractivity contribution in [1.29, 1.82) is 0 Å². The minimum atomic E-state index is -1.28. The predicted molar refractivity (Wildman–Crippen MR) is 118 cm³/mol. The Bertz CT molecular complexity index is 908. The van der Waals surface area contributed by atoms with Crippen LogP contribution in [0.1, 0.15) is 67.8 Å². The summed E-state index contributed by atoms with van der Waals surface area (Å²) in [6.45, 7) is 8.31. The lowest BCUT2D eigenvalue weighted by Crippen LogP contribution is -2.36. The summed E-state index contributed by atoms with van der Waals surface area (Å²) in [5, 5.41) is 10.4. The van der Waals surface area contributed by atoms with Gasteiger partial charge in [0.05, 0.1) is 6.42 Å². The molecule has 33 heavy (non-hydrogen) atoms. The quantitative estimate of drug-likeness (QED) is 0.272. The largest absolute Gasteiger partial charge is 0.535 e. The highest BCUT2D eigenvalue weighted by atomic mass is 16.8. The van der Waals surface area contributed by atoms with Crippen LogP contribution in [0.5, 0.6) is 5.75 Å². The van der Waals surface area contributed by atoms with E-state index in [0.29, 0.717) is 12.0 Å². The maximum Gasteiger partial charge on any atom is 0.526 e. The molecule has 176 valence electrons. The Morgan fingerprint density at radius 3 is 2.73 bits per heavy atom. The fourth-order valence-corrected chi connectivity index (χ4v) is 4.11. The SMILES string of the molecule is [C-]#[N+]CCC(=O)C[C@H]1Cc2cccc(C(=O)OC(C)OC(=O)OC3CCCCC3)c2OB1O. The normalized spacial score (nSPS) is 18.8. The number of Topliss-reactive ketones (excluding diaryl/α,β-unsaturated/α-hetero) is 1. The monoisotopic (exact) mass is 457 g/mol. The average Bonchev–Trinajstić information content (AvgIpc) is 2.78. The van der Waals surface area contributed by atoms with Gasteiger partial charge in [0.1, 0.15) is 23.2 Å². The molecule has 1 heterocycles. The van der Waals surface area contributed by atoms with E-state index in [2.05, 4.69) is 4.85 Å². The van der Waals surface area contributed by atoms with E-state index in [1.807, 2.05) is 0 Å². The summed E-state index contributed by atoms with van der Waals surface area (Å²) < 4.78 is 21.1. The fourth-order valence-electron chi connectivity index (χ4n) is 4.11. The minimum Gasteiger partial charge on any atom is -0.535 e. The van der Waals surface area contributed by atoms with Crippen molar-refractivity contribution in [3.63, 3.8) is 0 Å². The topological polar surface area (TPSA) is 113 Å². The second kappa shape index (κ2) is 11.7. The molecule has 2 aliphatic rings. The molecule has 0 radical (unpaired) electrons. The summed E-state index contributed by atoms with van der Waals surface area (Å²) in [6, 6.07) is 4.88. The van der Waals surface area contributed by atoms with Crippen molar-refractivity contribution in [3.05, 3.63) is 40.7 Å². The highest BCUT2D eigenvalue weighted by molar-refractivity contribution is 6.47. The zero-order valence-electron chi connectivity index (χ0n) is 18.7. The number of hydrogen-bond acceptors (Lipinski definition) is 8. The van der Waals surface area contributed by atoms with E-state index >= 15 is 0 Å². The van der Waals surface area contributed by atoms with Gasteiger partial charge < -0.3 is 28.7 Å². The Labute approximate surface area is 193 Å². The first-order valence-corrected chi connectivity index (χ1v) is 11.3. The Morgan fingerprint density at radius 2 is 2.00 bits per heavy atom. The van der Waals surface area contributed by atoms with Gasteiger partial charge in [0.2, 0.25) is 12.8 Å². The molecule has 2 atom stereocenters. The molecule has 0 spiro atoms. The predicted octanol–water partition coefficient (Wildman–Crippen LogP) is 3.73. The second-order valence-electron chi connectivity index (χ2n) is 8.36. The lowest BCUT2D eigenvalue weighted by atomic mass is 9.64. The summed E-state index contributed by atoms with van der Waals surface area (Å²) in [7, 11) is -1.28. The minimum absolute atomic E-state index is 0.0821. The van der Waals surface area contributed by atoms with Crippen molar-refractivity contribution in [2.75, 3.05) is 6.54 Å². The molecule has 3 rings (SSSR count). The van der Waals surface area contributed by atoms with E-state index in [1.165, 1.54) is 13.0 Å². The average molecular weight is 457 g/mol. The summed E-state index contributed by atoms with van der Waals surface area (Å²) in [5.41, 5.74) is 0.739. The number of ether oxygens (including phenoxy) is 3. The molecule has 0 aromatic heterocycles. The highest BCUT2D eigenvalue weighted by Crippen LogP contribution is 2.36. The second-order valence-corrected chi connectivity index (χ2v) is 8.36. The first-order chi connectivity index (χ1) is 15.9. The molecule has 1 aromatic rings. The molecular weight excluding hydrogens is 429 g/mol. The van der Waals surface area contributed by atoms with Gasteiger partial charge in [-0.15, -0.1) is 0 Å². The third kappa shape index (κ3) is 6.96. The molecule has 0 saturated heterocycles. The van der Waals surface area contributed by atoms with Crippen molar-refractivity contribution < 1.29 is 38.3 Å². The number of para-hydroxylation sites is 1. The summed E-state index contributed by atoms with van der Waals surface area (Å²) >= 11 is 0. The number of esters is 1. The van der Waals surface area contributed by atoms with Gasteiger partial charge in [-0.05, 0) is 43.7 Å². The summed E-state index contributed by atoms with van der Waals surface area (Å²) in [5.74, 6) is -1.19. The maximum absolute atomic E-state index is 12.7. The third-order valence-corrected chi connectivity index (χ3v) is 5.78. The lowest BCUT2D eigenvalue weighted by molar-refractivity contribution is -0.119. The van der Waals surface area contributed by atoms with Crippen LogP contribution < -0.4 is 4.65 Å². The molecule has 9 nitrogen and oxygen atoms in total. The van der Waals surface area contributed by atoms with Gasteiger partial charge in [0.25, 0.3) is 0 Å². The first kappa shape index (κ1) is 24.6. The lowest BCUT2D eigenvalue weighted by Gasteiger charge is -2.28. The van der Waals surface area contributed by atoms with Crippen LogP contribution in [0, 0.1) is 6.57 Å². The molecule has 1 saturated carbocycles. The summed E-state index contributed by atoms with van der Waals surface area (Å²) in [6.07, 6.45) is 3.04. The van der Waals surface area contributed by atoms with Crippen LogP contribution in [0.25, 0.3) is 4.85 Å². The summed E-state index contributed by atoms with van der Waals surface area (Å²) in [4.78, 5) is 39.8. The standard InChI is InChI=1S/C23H28BNO8/c1-15(31-23(28)32-19-8-4-3-5-9-19)30-22(27)20-10-6-7-16-13-17(24(29)33-21(16)20)14-18(26)11-12-25-2/h6-7,10,15,17,19,29H,3-5,8-9,11-14H2,1H3/t15?,17-/m1/s1. The van der Waals surface area contributed by atoms with Gasteiger partial charge in [0, 0.05) is 19.2 Å². The van der Waals surface area contributed by atoms with Crippen LogP contribution in [0.2, 0.25) is 5.82 Å².